The molecule has 0 aliphatic heterocycles. The molecule has 0 aliphatic carbocycles. The van der Waals surface area contributed by atoms with Gasteiger partial charge in [0, 0.05) is 18.0 Å². The van der Waals surface area contributed by atoms with Gasteiger partial charge in [0.1, 0.15) is 10.3 Å². The maximum atomic E-state index is 6.32. The van der Waals surface area contributed by atoms with Crippen LogP contribution in [0.2, 0.25) is 10.3 Å². The van der Waals surface area contributed by atoms with Crippen molar-refractivity contribution in [1.82, 2.24) is 15.0 Å². The van der Waals surface area contributed by atoms with Crippen LogP contribution in [-0.2, 0) is 0 Å². The number of hydrogen-bond donors (Lipinski definition) is 0. The van der Waals surface area contributed by atoms with Gasteiger partial charge >= 0.3 is 0 Å². The highest BCUT2D eigenvalue weighted by Crippen LogP contribution is 2.34. The summed E-state index contributed by atoms with van der Waals surface area (Å²) in [5.41, 5.74) is 3.37. The van der Waals surface area contributed by atoms with Crippen LogP contribution in [0.4, 0.5) is 0 Å². The molecule has 0 aliphatic rings. The predicted molar refractivity (Wildman–Crippen MR) is 85.5 cm³/mol. The van der Waals surface area contributed by atoms with E-state index in [1.807, 2.05) is 43.3 Å². The van der Waals surface area contributed by atoms with Gasteiger partial charge in [-0.1, -0.05) is 53.5 Å². The second-order valence-electron chi connectivity index (χ2n) is 4.56. The SMILES string of the molecule is Cc1ccncc1-c1nc(Cl)c(-c2ccccc2)c(Cl)n1. The van der Waals surface area contributed by atoms with E-state index in [1.165, 1.54) is 0 Å². The second-order valence-corrected chi connectivity index (χ2v) is 5.28. The largest absolute Gasteiger partial charge is 0.264 e. The van der Waals surface area contributed by atoms with E-state index in [9.17, 15) is 0 Å². The molecule has 0 saturated carbocycles. The molecule has 3 nitrogen and oxygen atoms in total. The summed E-state index contributed by atoms with van der Waals surface area (Å²) < 4.78 is 0. The molecule has 0 amide bonds. The van der Waals surface area contributed by atoms with Gasteiger partial charge in [-0.15, -0.1) is 0 Å². The molecule has 0 radical (unpaired) electrons. The molecule has 3 aromatic rings. The fourth-order valence-corrected chi connectivity index (χ4v) is 2.68. The number of nitrogens with zero attached hydrogens (tertiary/aromatic N) is 3. The first-order valence-electron chi connectivity index (χ1n) is 6.36. The molecule has 5 heteroatoms. The lowest BCUT2D eigenvalue weighted by molar-refractivity contribution is 1.15. The zero-order valence-electron chi connectivity index (χ0n) is 11.2. The molecule has 0 atom stereocenters. The Morgan fingerprint density at radius 1 is 0.905 bits per heavy atom. The first-order chi connectivity index (χ1) is 10.2. The first kappa shape index (κ1) is 14.0. The summed E-state index contributed by atoms with van der Waals surface area (Å²) in [5.74, 6) is 0.482. The standard InChI is InChI=1S/C16H11Cl2N3/c1-10-7-8-19-9-12(10)16-20-14(17)13(15(18)21-16)11-5-3-2-4-6-11/h2-9H,1H3. The fraction of sp³-hybridized carbons (Fsp3) is 0.0625. The van der Waals surface area contributed by atoms with Crippen LogP contribution >= 0.6 is 23.2 Å². The van der Waals surface area contributed by atoms with Crippen LogP contribution in [0.15, 0.2) is 48.8 Å². The highest BCUT2D eigenvalue weighted by molar-refractivity contribution is 6.37. The van der Waals surface area contributed by atoms with Crippen LogP contribution in [-0.4, -0.2) is 15.0 Å². The molecule has 104 valence electrons. The topological polar surface area (TPSA) is 38.7 Å². The lowest BCUT2D eigenvalue weighted by Crippen LogP contribution is -1.96. The zero-order chi connectivity index (χ0) is 14.8. The van der Waals surface area contributed by atoms with Gasteiger partial charge < -0.3 is 0 Å². The second kappa shape index (κ2) is 5.80. The molecule has 3 rings (SSSR count). The summed E-state index contributed by atoms with van der Waals surface area (Å²) in [7, 11) is 0. The van der Waals surface area contributed by atoms with E-state index in [4.69, 9.17) is 23.2 Å². The van der Waals surface area contributed by atoms with Crippen LogP contribution in [0.5, 0.6) is 0 Å². The first-order valence-corrected chi connectivity index (χ1v) is 7.12. The lowest BCUT2D eigenvalue weighted by atomic mass is 10.1. The van der Waals surface area contributed by atoms with Gasteiger partial charge in [0.2, 0.25) is 0 Å². The van der Waals surface area contributed by atoms with Crippen molar-refractivity contribution >= 4 is 23.2 Å². The maximum absolute atomic E-state index is 6.32. The van der Waals surface area contributed by atoms with E-state index in [0.29, 0.717) is 21.7 Å². The van der Waals surface area contributed by atoms with E-state index >= 15 is 0 Å². The molecule has 2 aromatic heterocycles. The fourth-order valence-electron chi connectivity index (χ4n) is 2.07. The Balaban J connectivity index is 2.15. The van der Waals surface area contributed by atoms with Gasteiger partial charge in [-0.3, -0.25) is 4.98 Å². The smallest absolute Gasteiger partial charge is 0.164 e. The van der Waals surface area contributed by atoms with E-state index in [2.05, 4.69) is 15.0 Å². The lowest BCUT2D eigenvalue weighted by Gasteiger charge is -2.09. The average molecular weight is 316 g/mol. The molecule has 0 bridgehead atoms. The van der Waals surface area contributed by atoms with Gasteiger partial charge in [0.15, 0.2) is 5.82 Å². The van der Waals surface area contributed by atoms with Crippen LogP contribution in [0.25, 0.3) is 22.5 Å². The van der Waals surface area contributed by atoms with E-state index < -0.39 is 0 Å². The Labute approximate surface area is 132 Å². The number of benzene rings is 1. The average Bonchev–Trinajstić information content (AvgIpc) is 2.48. The van der Waals surface area contributed by atoms with Crippen molar-refractivity contribution in [1.29, 1.82) is 0 Å². The monoisotopic (exact) mass is 315 g/mol. The molecule has 2 heterocycles. The predicted octanol–water partition coefficient (Wildman–Crippen LogP) is 4.82. The minimum Gasteiger partial charge on any atom is -0.264 e. The molecule has 0 N–H and O–H groups in total. The van der Waals surface area contributed by atoms with E-state index in [1.54, 1.807) is 12.4 Å². The van der Waals surface area contributed by atoms with Crippen molar-refractivity contribution in [2.24, 2.45) is 0 Å². The summed E-state index contributed by atoms with van der Waals surface area (Å²) in [6, 6.07) is 11.5. The number of rotatable bonds is 2. The Morgan fingerprint density at radius 2 is 1.57 bits per heavy atom. The molecule has 21 heavy (non-hydrogen) atoms. The Kier molecular flexibility index (Phi) is 3.86. The van der Waals surface area contributed by atoms with Crippen molar-refractivity contribution < 1.29 is 0 Å². The summed E-state index contributed by atoms with van der Waals surface area (Å²) >= 11 is 12.6. The van der Waals surface area contributed by atoms with Crippen molar-refractivity contribution in [3.63, 3.8) is 0 Å². The number of halogens is 2. The molecule has 0 spiro atoms. The van der Waals surface area contributed by atoms with Crippen LogP contribution in [0, 0.1) is 6.92 Å². The summed E-state index contributed by atoms with van der Waals surface area (Å²) in [6.07, 6.45) is 3.43. The molecule has 0 fully saturated rings. The van der Waals surface area contributed by atoms with Gasteiger partial charge in [0.05, 0.1) is 5.56 Å². The van der Waals surface area contributed by atoms with Crippen molar-refractivity contribution in [2.75, 3.05) is 0 Å². The quantitative estimate of drug-likeness (QED) is 0.636. The van der Waals surface area contributed by atoms with Crippen molar-refractivity contribution in [3.05, 3.63) is 64.7 Å². The van der Waals surface area contributed by atoms with E-state index in [-0.39, 0.29) is 0 Å². The van der Waals surface area contributed by atoms with Gasteiger partial charge in [0.25, 0.3) is 0 Å². The van der Waals surface area contributed by atoms with Crippen LogP contribution < -0.4 is 0 Å². The molecule has 0 saturated heterocycles. The third-order valence-corrected chi connectivity index (χ3v) is 3.71. The minimum absolute atomic E-state index is 0.333. The summed E-state index contributed by atoms with van der Waals surface area (Å²) in [6.45, 7) is 1.97. The molecular weight excluding hydrogens is 305 g/mol. The van der Waals surface area contributed by atoms with Crippen molar-refractivity contribution in [3.8, 4) is 22.5 Å². The Bertz CT molecular complexity index is 766. The molecule has 0 unspecified atom stereocenters. The third kappa shape index (κ3) is 2.75. The highest BCUT2D eigenvalue weighted by atomic mass is 35.5. The number of hydrogen-bond acceptors (Lipinski definition) is 3. The third-order valence-electron chi connectivity index (χ3n) is 3.16. The van der Waals surface area contributed by atoms with Crippen LogP contribution in [0.1, 0.15) is 5.56 Å². The maximum Gasteiger partial charge on any atom is 0.164 e. The summed E-state index contributed by atoms with van der Waals surface area (Å²) in [4.78, 5) is 12.8. The number of pyridine rings is 1. The number of aryl methyl sites for hydroxylation is 1. The van der Waals surface area contributed by atoms with Gasteiger partial charge in [-0.2, -0.15) is 0 Å². The number of aromatic nitrogens is 3. The minimum atomic E-state index is 0.333. The molecular formula is C16H11Cl2N3. The highest BCUT2D eigenvalue weighted by Gasteiger charge is 2.15. The van der Waals surface area contributed by atoms with Crippen molar-refractivity contribution in [2.45, 2.75) is 6.92 Å². The van der Waals surface area contributed by atoms with Gasteiger partial charge in [-0.05, 0) is 24.1 Å². The van der Waals surface area contributed by atoms with E-state index in [0.717, 1.165) is 16.7 Å². The summed E-state index contributed by atoms with van der Waals surface area (Å²) in [5, 5.41) is 0.666. The van der Waals surface area contributed by atoms with Gasteiger partial charge in [-0.25, -0.2) is 9.97 Å². The normalized spacial score (nSPS) is 10.6. The molecule has 1 aromatic carbocycles. The van der Waals surface area contributed by atoms with Crippen LogP contribution in [0.3, 0.4) is 0 Å². The zero-order valence-corrected chi connectivity index (χ0v) is 12.7. The Hall–Kier alpha value is -1.97. The Morgan fingerprint density at radius 3 is 2.19 bits per heavy atom.